The van der Waals surface area contributed by atoms with Crippen molar-refractivity contribution in [2.45, 2.75) is 20.0 Å². The van der Waals surface area contributed by atoms with E-state index in [1.807, 2.05) is 6.92 Å². The van der Waals surface area contributed by atoms with Crippen LogP contribution in [0.15, 0.2) is 24.3 Å². The number of hydrogen-bond donors (Lipinski definition) is 0. The SMILES string of the molecule is C[CH][C@H](C)OC(=O)c1ccc(F)cc1. The molecule has 1 rings (SSSR count). The van der Waals surface area contributed by atoms with Crippen LogP contribution in [-0.2, 0) is 4.74 Å². The molecule has 1 aromatic rings. The first-order valence-electron chi connectivity index (χ1n) is 4.39. The van der Waals surface area contributed by atoms with E-state index in [0.717, 1.165) is 0 Å². The highest BCUT2D eigenvalue weighted by molar-refractivity contribution is 5.89. The molecule has 0 amide bonds. The van der Waals surface area contributed by atoms with Crippen LogP contribution in [0.4, 0.5) is 4.39 Å². The molecule has 0 aliphatic heterocycles. The zero-order valence-electron chi connectivity index (χ0n) is 8.16. The van der Waals surface area contributed by atoms with E-state index in [1.54, 1.807) is 13.3 Å². The van der Waals surface area contributed by atoms with Gasteiger partial charge in [0, 0.05) is 0 Å². The van der Waals surface area contributed by atoms with Gasteiger partial charge in [0.1, 0.15) is 11.9 Å². The van der Waals surface area contributed by atoms with E-state index in [-0.39, 0.29) is 11.9 Å². The molecule has 3 heteroatoms. The molecule has 0 unspecified atom stereocenters. The Balaban J connectivity index is 2.65. The minimum Gasteiger partial charge on any atom is -0.459 e. The summed E-state index contributed by atoms with van der Waals surface area (Å²) in [4.78, 5) is 11.4. The van der Waals surface area contributed by atoms with Crippen LogP contribution in [0, 0.1) is 12.2 Å². The number of hydrogen-bond acceptors (Lipinski definition) is 2. The minimum absolute atomic E-state index is 0.229. The Morgan fingerprint density at radius 3 is 2.50 bits per heavy atom. The lowest BCUT2D eigenvalue weighted by Gasteiger charge is -2.10. The van der Waals surface area contributed by atoms with Gasteiger partial charge in [-0.2, -0.15) is 0 Å². The van der Waals surface area contributed by atoms with Crippen LogP contribution in [0.3, 0.4) is 0 Å². The average Bonchev–Trinajstić information content (AvgIpc) is 2.18. The van der Waals surface area contributed by atoms with Crippen molar-refractivity contribution >= 4 is 5.97 Å². The first-order valence-corrected chi connectivity index (χ1v) is 4.39. The van der Waals surface area contributed by atoms with Crippen molar-refractivity contribution < 1.29 is 13.9 Å². The fourth-order valence-electron chi connectivity index (χ4n) is 0.891. The topological polar surface area (TPSA) is 26.3 Å². The highest BCUT2D eigenvalue weighted by Crippen LogP contribution is 2.06. The highest BCUT2D eigenvalue weighted by Gasteiger charge is 2.10. The molecule has 0 aliphatic carbocycles. The van der Waals surface area contributed by atoms with E-state index in [1.165, 1.54) is 24.3 Å². The number of carbonyl (C=O) groups is 1. The quantitative estimate of drug-likeness (QED) is 0.693. The summed E-state index contributed by atoms with van der Waals surface area (Å²) in [6.45, 7) is 3.57. The molecule has 0 saturated heterocycles. The summed E-state index contributed by atoms with van der Waals surface area (Å²) in [6, 6.07) is 5.27. The number of ether oxygens (including phenoxy) is 1. The second-order valence-electron chi connectivity index (χ2n) is 2.95. The molecule has 1 radical (unpaired) electrons. The molecular weight excluding hydrogens is 183 g/mol. The third kappa shape index (κ3) is 2.83. The molecule has 0 aliphatic rings. The summed E-state index contributed by atoms with van der Waals surface area (Å²) in [5, 5.41) is 0. The van der Waals surface area contributed by atoms with Gasteiger partial charge >= 0.3 is 5.97 Å². The predicted octanol–water partition coefficient (Wildman–Crippen LogP) is 2.60. The summed E-state index contributed by atoms with van der Waals surface area (Å²) in [5.41, 5.74) is 0.361. The molecule has 0 N–H and O–H groups in total. The number of halogens is 1. The van der Waals surface area contributed by atoms with E-state index in [4.69, 9.17) is 4.74 Å². The summed E-state index contributed by atoms with van der Waals surface area (Å²) in [6.07, 6.45) is 1.54. The number of benzene rings is 1. The second kappa shape index (κ2) is 4.74. The molecule has 0 aromatic heterocycles. The lowest BCUT2D eigenvalue weighted by molar-refractivity contribution is 0.0400. The van der Waals surface area contributed by atoms with E-state index in [0.29, 0.717) is 5.56 Å². The Hall–Kier alpha value is -1.38. The van der Waals surface area contributed by atoms with Crippen molar-refractivity contribution in [1.82, 2.24) is 0 Å². The van der Waals surface area contributed by atoms with Crippen LogP contribution in [0.5, 0.6) is 0 Å². The molecule has 2 nitrogen and oxygen atoms in total. The summed E-state index contributed by atoms with van der Waals surface area (Å²) < 4.78 is 17.5. The van der Waals surface area contributed by atoms with Gasteiger partial charge in [0.05, 0.1) is 5.56 Å². The van der Waals surface area contributed by atoms with Crippen LogP contribution >= 0.6 is 0 Å². The van der Waals surface area contributed by atoms with Gasteiger partial charge in [-0.15, -0.1) is 0 Å². The molecule has 1 aromatic carbocycles. The van der Waals surface area contributed by atoms with Crippen LogP contribution in [0.25, 0.3) is 0 Å². The Morgan fingerprint density at radius 1 is 1.43 bits per heavy atom. The molecule has 1 atom stereocenters. The van der Waals surface area contributed by atoms with Gasteiger partial charge < -0.3 is 4.74 Å². The van der Waals surface area contributed by atoms with Crippen LogP contribution in [0.2, 0.25) is 0 Å². The van der Waals surface area contributed by atoms with E-state index >= 15 is 0 Å². The standard InChI is InChI=1S/C11H12FO2/c1-3-8(2)14-11(13)9-4-6-10(12)7-5-9/h3-8H,1-2H3/t8-/m0/s1. The van der Waals surface area contributed by atoms with Crippen molar-refractivity contribution in [3.63, 3.8) is 0 Å². The summed E-state index contributed by atoms with van der Waals surface area (Å²) in [7, 11) is 0. The Bertz CT molecular complexity index is 306. The van der Waals surface area contributed by atoms with E-state index < -0.39 is 5.97 Å². The monoisotopic (exact) mass is 195 g/mol. The highest BCUT2D eigenvalue weighted by atomic mass is 19.1. The zero-order chi connectivity index (χ0) is 10.6. The lowest BCUT2D eigenvalue weighted by Crippen LogP contribution is -2.14. The second-order valence-corrected chi connectivity index (χ2v) is 2.95. The summed E-state index contributed by atoms with van der Waals surface area (Å²) in [5.74, 6) is -0.799. The van der Waals surface area contributed by atoms with E-state index in [2.05, 4.69) is 0 Å². The summed E-state index contributed by atoms with van der Waals surface area (Å²) >= 11 is 0. The maximum atomic E-state index is 12.5. The maximum absolute atomic E-state index is 12.5. The van der Waals surface area contributed by atoms with Crippen molar-refractivity contribution in [3.8, 4) is 0 Å². The third-order valence-corrected chi connectivity index (χ3v) is 1.84. The van der Waals surface area contributed by atoms with Crippen LogP contribution in [-0.4, -0.2) is 12.1 Å². The van der Waals surface area contributed by atoms with Crippen LogP contribution in [0.1, 0.15) is 24.2 Å². The smallest absolute Gasteiger partial charge is 0.338 e. The number of carbonyl (C=O) groups excluding carboxylic acids is 1. The minimum atomic E-state index is -0.435. The van der Waals surface area contributed by atoms with Crippen molar-refractivity contribution in [1.29, 1.82) is 0 Å². The number of rotatable bonds is 3. The van der Waals surface area contributed by atoms with Gasteiger partial charge in [0.25, 0.3) is 0 Å². The third-order valence-electron chi connectivity index (χ3n) is 1.84. The largest absolute Gasteiger partial charge is 0.459 e. The van der Waals surface area contributed by atoms with Crippen LogP contribution < -0.4 is 0 Å². The van der Waals surface area contributed by atoms with Gasteiger partial charge in [0.2, 0.25) is 0 Å². The molecule has 0 spiro atoms. The van der Waals surface area contributed by atoms with Gasteiger partial charge in [-0.3, -0.25) is 0 Å². The normalized spacial score (nSPS) is 12.2. The molecule has 75 valence electrons. The van der Waals surface area contributed by atoms with Gasteiger partial charge in [0.15, 0.2) is 0 Å². The van der Waals surface area contributed by atoms with Crippen molar-refractivity contribution in [2.24, 2.45) is 0 Å². The van der Waals surface area contributed by atoms with Gasteiger partial charge in [-0.25, -0.2) is 9.18 Å². The van der Waals surface area contributed by atoms with Gasteiger partial charge in [-0.1, -0.05) is 6.92 Å². The van der Waals surface area contributed by atoms with Gasteiger partial charge in [-0.05, 0) is 37.6 Å². The van der Waals surface area contributed by atoms with E-state index in [9.17, 15) is 9.18 Å². The number of esters is 1. The fourth-order valence-corrected chi connectivity index (χ4v) is 0.891. The molecule has 14 heavy (non-hydrogen) atoms. The zero-order valence-corrected chi connectivity index (χ0v) is 8.16. The Kier molecular flexibility index (Phi) is 3.63. The lowest BCUT2D eigenvalue weighted by atomic mass is 10.2. The first kappa shape index (κ1) is 10.7. The molecule has 0 fully saturated rings. The fraction of sp³-hybridized carbons (Fsp3) is 0.273. The first-order chi connectivity index (χ1) is 6.63. The molecule has 0 saturated carbocycles. The molecular formula is C11H12FO2. The maximum Gasteiger partial charge on any atom is 0.338 e. The van der Waals surface area contributed by atoms with Crippen molar-refractivity contribution in [3.05, 3.63) is 42.1 Å². The van der Waals surface area contributed by atoms with Crippen molar-refractivity contribution in [2.75, 3.05) is 0 Å². The predicted molar refractivity (Wildman–Crippen MR) is 51.3 cm³/mol. The molecule has 0 bridgehead atoms. The average molecular weight is 195 g/mol. The Morgan fingerprint density at radius 2 is 2.00 bits per heavy atom. The Labute approximate surface area is 82.7 Å². The molecule has 0 heterocycles.